The third-order valence-corrected chi connectivity index (χ3v) is 5.17. The van der Waals surface area contributed by atoms with E-state index < -0.39 is 0 Å². The average molecular weight is 253 g/mol. The molecule has 0 aromatic heterocycles. The molecule has 2 heteroatoms. The summed E-state index contributed by atoms with van der Waals surface area (Å²) in [6, 6.07) is 0.769. The molecule has 2 nitrogen and oxygen atoms in total. The van der Waals surface area contributed by atoms with Gasteiger partial charge in [0.1, 0.15) is 0 Å². The van der Waals surface area contributed by atoms with Crippen molar-refractivity contribution in [1.82, 2.24) is 5.32 Å². The Kier molecular flexibility index (Phi) is 5.08. The van der Waals surface area contributed by atoms with Crippen LogP contribution in [-0.4, -0.2) is 25.8 Å². The topological polar surface area (TPSA) is 21.3 Å². The summed E-state index contributed by atoms with van der Waals surface area (Å²) >= 11 is 0. The van der Waals surface area contributed by atoms with Crippen LogP contribution in [0.15, 0.2) is 0 Å². The molecule has 1 saturated heterocycles. The lowest BCUT2D eigenvalue weighted by molar-refractivity contribution is 0.0216. The number of hydrogen-bond acceptors (Lipinski definition) is 2. The van der Waals surface area contributed by atoms with E-state index in [2.05, 4.69) is 26.1 Å². The predicted molar refractivity (Wildman–Crippen MR) is 76.7 cm³/mol. The van der Waals surface area contributed by atoms with Gasteiger partial charge in [-0.15, -0.1) is 0 Å². The van der Waals surface area contributed by atoms with E-state index in [4.69, 9.17) is 4.74 Å². The van der Waals surface area contributed by atoms with Crippen LogP contribution in [0.3, 0.4) is 0 Å². The maximum Gasteiger partial charge on any atom is 0.0471 e. The minimum Gasteiger partial charge on any atom is -0.381 e. The van der Waals surface area contributed by atoms with Crippen molar-refractivity contribution in [2.45, 2.75) is 65.3 Å². The van der Waals surface area contributed by atoms with Crippen LogP contribution in [0, 0.1) is 17.3 Å². The number of rotatable bonds is 4. The Balaban J connectivity index is 1.75. The summed E-state index contributed by atoms with van der Waals surface area (Å²) in [7, 11) is 0. The molecule has 1 aliphatic heterocycles. The van der Waals surface area contributed by atoms with E-state index in [1.54, 1.807) is 0 Å². The van der Waals surface area contributed by atoms with E-state index in [1.807, 2.05) is 0 Å². The van der Waals surface area contributed by atoms with Gasteiger partial charge in [-0.3, -0.25) is 0 Å². The molecule has 2 rings (SSSR count). The molecule has 1 N–H and O–H groups in total. The summed E-state index contributed by atoms with van der Waals surface area (Å²) in [5.41, 5.74) is 0.475. The Hall–Kier alpha value is -0.0800. The molecule has 0 radical (unpaired) electrons. The van der Waals surface area contributed by atoms with Crippen molar-refractivity contribution in [2.24, 2.45) is 17.3 Å². The first-order chi connectivity index (χ1) is 8.59. The van der Waals surface area contributed by atoms with Gasteiger partial charge in [0.05, 0.1) is 0 Å². The first kappa shape index (κ1) is 14.3. The average Bonchev–Trinajstić information content (AvgIpc) is 2.38. The fraction of sp³-hybridized carbons (Fsp3) is 1.00. The molecule has 18 heavy (non-hydrogen) atoms. The first-order valence-electron chi connectivity index (χ1n) is 7.90. The van der Waals surface area contributed by atoms with Crippen LogP contribution in [0.25, 0.3) is 0 Å². The standard InChI is InChI=1S/C16H31NO/c1-13(2)14-5-4-6-15(11-14)17-12-16(3)7-9-18-10-8-16/h13-15,17H,4-12H2,1-3H3. The van der Waals surface area contributed by atoms with Gasteiger partial charge in [0.2, 0.25) is 0 Å². The predicted octanol–water partition coefficient (Wildman–Crippen LogP) is 3.61. The van der Waals surface area contributed by atoms with Gasteiger partial charge >= 0.3 is 0 Å². The number of nitrogens with one attached hydrogen (secondary N) is 1. The molecule has 1 heterocycles. The molecule has 2 aliphatic rings. The van der Waals surface area contributed by atoms with Gasteiger partial charge < -0.3 is 10.1 Å². The molecule has 2 atom stereocenters. The summed E-state index contributed by atoms with van der Waals surface area (Å²) in [5, 5.41) is 3.86. The van der Waals surface area contributed by atoms with E-state index in [1.165, 1.54) is 45.1 Å². The van der Waals surface area contributed by atoms with Crippen LogP contribution in [-0.2, 0) is 4.74 Å². The van der Waals surface area contributed by atoms with Crippen molar-refractivity contribution in [3.8, 4) is 0 Å². The molecule has 0 amide bonds. The summed E-state index contributed by atoms with van der Waals surface area (Å²) in [4.78, 5) is 0. The largest absolute Gasteiger partial charge is 0.381 e. The van der Waals surface area contributed by atoms with E-state index >= 15 is 0 Å². The maximum atomic E-state index is 5.48. The third-order valence-electron chi connectivity index (χ3n) is 5.17. The Morgan fingerprint density at radius 3 is 2.61 bits per heavy atom. The van der Waals surface area contributed by atoms with Crippen LogP contribution >= 0.6 is 0 Å². The zero-order valence-corrected chi connectivity index (χ0v) is 12.5. The monoisotopic (exact) mass is 253 g/mol. The molecule has 0 bridgehead atoms. The molecule has 1 aliphatic carbocycles. The lowest BCUT2D eigenvalue weighted by Gasteiger charge is -2.38. The Morgan fingerprint density at radius 1 is 1.22 bits per heavy atom. The molecular weight excluding hydrogens is 222 g/mol. The van der Waals surface area contributed by atoms with E-state index in [-0.39, 0.29) is 0 Å². The highest BCUT2D eigenvalue weighted by atomic mass is 16.5. The molecule has 2 fully saturated rings. The molecular formula is C16H31NO. The minimum absolute atomic E-state index is 0.475. The Labute approximate surface area is 113 Å². The highest BCUT2D eigenvalue weighted by Crippen LogP contribution is 2.32. The minimum atomic E-state index is 0.475. The zero-order valence-electron chi connectivity index (χ0n) is 12.5. The third kappa shape index (κ3) is 3.96. The van der Waals surface area contributed by atoms with Crippen LogP contribution in [0.5, 0.6) is 0 Å². The molecule has 106 valence electrons. The molecule has 1 saturated carbocycles. The second-order valence-electron chi connectivity index (χ2n) is 7.17. The molecule has 0 aromatic rings. The van der Waals surface area contributed by atoms with Gasteiger partial charge in [0.15, 0.2) is 0 Å². The van der Waals surface area contributed by atoms with E-state index in [9.17, 15) is 0 Å². The lowest BCUT2D eigenvalue weighted by Crippen LogP contribution is -2.43. The lowest BCUT2D eigenvalue weighted by atomic mass is 9.78. The van der Waals surface area contributed by atoms with Gasteiger partial charge in [-0.2, -0.15) is 0 Å². The fourth-order valence-electron chi connectivity index (χ4n) is 3.45. The Morgan fingerprint density at radius 2 is 1.94 bits per heavy atom. The van der Waals surface area contributed by atoms with Gasteiger partial charge in [-0.25, -0.2) is 0 Å². The summed E-state index contributed by atoms with van der Waals surface area (Å²) < 4.78 is 5.48. The normalized spacial score (nSPS) is 32.7. The zero-order chi connectivity index (χ0) is 13.0. The van der Waals surface area contributed by atoms with Crippen molar-refractivity contribution < 1.29 is 4.74 Å². The smallest absolute Gasteiger partial charge is 0.0471 e. The van der Waals surface area contributed by atoms with Crippen molar-refractivity contribution in [1.29, 1.82) is 0 Å². The molecule has 0 spiro atoms. The summed E-state index contributed by atoms with van der Waals surface area (Å²) in [6.07, 6.45) is 8.09. The quantitative estimate of drug-likeness (QED) is 0.826. The second kappa shape index (κ2) is 6.38. The summed E-state index contributed by atoms with van der Waals surface area (Å²) in [6.45, 7) is 10.3. The van der Waals surface area contributed by atoms with Crippen molar-refractivity contribution in [3.05, 3.63) is 0 Å². The van der Waals surface area contributed by atoms with Crippen LogP contribution in [0.1, 0.15) is 59.3 Å². The van der Waals surface area contributed by atoms with Crippen LogP contribution < -0.4 is 5.32 Å². The van der Waals surface area contributed by atoms with Gasteiger partial charge in [0.25, 0.3) is 0 Å². The van der Waals surface area contributed by atoms with Crippen molar-refractivity contribution in [3.63, 3.8) is 0 Å². The van der Waals surface area contributed by atoms with Crippen LogP contribution in [0.4, 0.5) is 0 Å². The molecule has 2 unspecified atom stereocenters. The molecule has 0 aromatic carbocycles. The van der Waals surface area contributed by atoms with Crippen molar-refractivity contribution >= 4 is 0 Å². The van der Waals surface area contributed by atoms with Crippen molar-refractivity contribution in [2.75, 3.05) is 19.8 Å². The SMILES string of the molecule is CC(C)C1CCCC(NCC2(C)CCOCC2)C1. The Bertz CT molecular complexity index is 245. The van der Waals surface area contributed by atoms with Gasteiger partial charge in [-0.1, -0.05) is 33.6 Å². The number of hydrogen-bond donors (Lipinski definition) is 1. The maximum absolute atomic E-state index is 5.48. The number of ether oxygens (including phenoxy) is 1. The van der Waals surface area contributed by atoms with E-state index in [0.29, 0.717) is 5.41 Å². The fourth-order valence-corrected chi connectivity index (χ4v) is 3.45. The van der Waals surface area contributed by atoms with Crippen LogP contribution in [0.2, 0.25) is 0 Å². The second-order valence-corrected chi connectivity index (χ2v) is 7.17. The van der Waals surface area contributed by atoms with Gasteiger partial charge in [0, 0.05) is 25.8 Å². The highest BCUT2D eigenvalue weighted by molar-refractivity contribution is 4.84. The highest BCUT2D eigenvalue weighted by Gasteiger charge is 2.29. The van der Waals surface area contributed by atoms with E-state index in [0.717, 1.165) is 31.1 Å². The first-order valence-corrected chi connectivity index (χ1v) is 7.90. The summed E-state index contributed by atoms with van der Waals surface area (Å²) in [5.74, 6) is 1.80. The van der Waals surface area contributed by atoms with Gasteiger partial charge in [-0.05, 0) is 42.9 Å².